The van der Waals surface area contributed by atoms with Gasteiger partial charge in [0.25, 0.3) is 7.82 Å². The van der Waals surface area contributed by atoms with Crippen LogP contribution < -0.4 is 16.4 Å². The van der Waals surface area contributed by atoms with Crippen molar-refractivity contribution in [1.29, 1.82) is 0 Å². The number of unbranched alkanes of at least 4 members (excludes halogenated alkanes) is 25. The molecule has 0 heterocycles. The molecule has 0 aliphatic carbocycles. The molecule has 4 atom stereocenters. The number of carbonyl (C=O) groups excluding carboxylic acids is 3. The summed E-state index contributed by atoms with van der Waals surface area (Å²) in [7, 11) is -4.98. The monoisotopic (exact) mass is 851 g/mol. The van der Waals surface area contributed by atoms with Crippen LogP contribution >= 0.6 is 7.82 Å². The summed E-state index contributed by atoms with van der Waals surface area (Å²) in [6.07, 6.45) is 30.4. The van der Waals surface area contributed by atoms with E-state index in [0.717, 1.165) is 51.5 Å². The first-order valence-corrected chi connectivity index (χ1v) is 24.8. The van der Waals surface area contributed by atoms with E-state index < -0.39 is 63.8 Å². The van der Waals surface area contributed by atoms with Gasteiger partial charge < -0.3 is 44.7 Å². The van der Waals surface area contributed by atoms with Gasteiger partial charge in [0.2, 0.25) is 0 Å². The Hall–Kier alpha value is -1.60. The van der Waals surface area contributed by atoms with E-state index in [1.807, 2.05) is 0 Å². The Bertz CT molecular complexity index is 1020. The summed E-state index contributed by atoms with van der Waals surface area (Å²) in [5.74, 6) is -1.70. The number of esters is 3. The standard InChI is InChI=1S/C44H87N2O11P/c1-3-5-7-9-11-13-15-17-19-21-23-25-27-32-42(48)53-37-40(57-43(49)33-28-26-24-22-20-18-16-14-12-10-8-6-4-2)38-56-58(51,52)55-36-39(47)35-54-44(50)41(46)31-29-30-34-45/h39-41,47H,3-38,45-46H2,1-2H3,(H,51,52). The molecule has 13 nitrogen and oxygen atoms in total. The molecule has 344 valence electrons. The number of nitrogens with two attached hydrogens (primary N) is 1. The van der Waals surface area contributed by atoms with Crippen molar-refractivity contribution in [1.82, 2.24) is 0 Å². The lowest BCUT2D eigenvalue weighted by molar-refractivity contribution is -0.368. The average molecular weight is 851 g/mol. The van der Waals surface area contributed by atoms with Gasteiger partial charge in [-0.25, -0.2) is 0 Å². The lowest BCUT2D eigenvalue weighted by Crippen LogP contribution is -2.50. The fourth-order valence-corrected chi connectivity index (χ4v) is 7.35. The zero-order valence-corrected chi connectivity index (χ0v) is 37.8. The van der Waals surface area contributed by atoms with Crippen molar-refractivity contribution in [2.24, 2.45) is 5.73 Å². The van der Waals surface area contributed by atoms with Crippen LogP contribution in [0.15, 0.2) is 0 Å². The molecule has 0 aliphatic rings. The molecule has 0 rings (SSSR count). The normalized spacial score (nSPS) is 14.1. The molecule has 0 saturated heterocycles. The summed E-state index contributed by atoms with van der Waals surface area (Å²) in [6.45, 7) is 2.94. The summed E-state index contributed by atoms with van der Waals surface area (Å²) in [5, 5.41) is 10.1. The molecule has 0 spiro atoms. The number of aliphatic hydroxyl groups excluding tert-OH is 1. The Morgan fingerprint density at radius 3 is 1.43 bits per heavy atom. The summed E-state index contributed by atoms with van der Waals surface area (Å²) < 4.78 is 38.1. The van der Waals surface area contributed by atoms with Gasteiger partial charge in [0, 0.05) is 12.8 Å². The number of aliphatic hydroxyl groups is 1. The molecule has 0 radical (unpaired) electrons. The second kappa shape index (κ2) is 40.8. The van der Waals surface area contributed by atoms with Gasteiger partial charge in [0.05, 0.1) is 19.8 Å². The fraction of sp³-hybridized carbons (Fsp3) is 0.932. The SMILES string of the molecule is CCCCCCCCCCCCCCCC(=O)OCC(COP(=O)([O-])OCC(O)COC(=O)C(N)CCCC[NH3+])OC(=O)CCCCCCCCCCCCCCC. The summed E-state index contributed by atoms with van der Waals surface area (Å²) in [6, 6.07) is -0.860. The van der Waals surface area contributed by atoms with Crippen LogP contribution in [0.4, 0.5) is 0 Å². The number of carbonyl (C=O) groups is 3. The first-order valence-electron chi connectivity index (χ1n) is 23.4. The highest BCUT2D eigenvalue weighted by Gasteiger charge is 2.23. The minimum Gasteiger partial charge on any atom is -0.756 e. The van der Waals surface area contributed by atoms with E-state index in [1.165, 1.54) is 116 Å². The van der Waals surface area contributed by atoms with Crippen LogP contribution in [0, 0.1) is 0 Å². The number of rotatable bonds is 44. The Labute approximate surface area is 352 Å². The van der Waals surface area contributed by atoms with E-state index in [-0.39, 0.29) is 19.4 Å². The Morgan fingerprint density at radius 1 is 0.569 bits per heavy atom. The quantitative estimate of drug-likeness (QED) is 0.0228. The van der Waals surface area contributed by atoms with Gasteiger partial charge in [0.15, 0.2) is 6.10 Å². The van der Waals surface area contributed by atoms with Crippen molar-refractivity contribution in [3.63, 3.8) is 0 Å². The van der Waals surface area contributed by atoms with Crippen molar-refractivity contribution in [3.8, 4) is 0 Å². The van der Waals surface area contributed by atoms with Gasteiger partial charge in [-0.1, -0.05) is 168 Å². The van der Waals surface area contributed by atoms with Crippen LogP contribution in [0.5, 0.6) is 0 Å². The smallest absolute Gasteiger partial charge is 0.322 e. The third kappa shape index (κ3) is 38.6. The third-order valence-corrected chi connectivity index (χ3v) is 11.2. The number of quaternary nitrogens is 1. The Balaban J connectivity index is 4.65. The van der Waals surface area contributed by atoms with Crippen LogP contribution in [0.1, 0.15) is 213 Å². The van der Waals surface area contributed by atoms with E-state index in [0.29, 0.717) is 25.7 Å². The minimum absolute atomic E-state index is 0.150. The maximum absolute atomic E-state index is 12.7. The number of phosphoric ester groups is 1. The highest BCUT2D eigenvalue weighted by atomic mass is 31.2. The third-order valence-electron chi connectivity index (χ3n) is 10.3. The fourth-order valence-electron chi connectivity index (χ4n) is 6.57. The molecule has 0 aliphatic heterocycles. The average Bonchev–Trinajstić information content (AvgIpc) is 3.20. The lowest BCUT2D eigenvalue weighted by atomic mass is 10.0. The van der Waals surface area contributed by atoms with Crippen molar-refractivity contribution >= 4 is 25.7 Å². The van der Waals surface area contributed by atoms with Gasteiger partial charge in [-0.3, -0.25) is 18.9 Å². The van der Waals surface area contributed by atoms with Gasteiger partial charge in [-0.2, -0.15) is 0 Å². The maximum atomic E-state index is 12.7. The largest absolute Gasteiger partial charge is 0.756 e. The molecule has 58 heavy (non-hydrogen) atoms. The molecule has 0 bridgehead atoms. The van der Waals surface area contributed by atoms with Gasteiger partial charge in [-0.15, -0.1) is 0 Å². The van der Waals surface area contributed by atoms with Crippen LogP contribution in [0.25, 0.3) is 0 Å². The first-order chi connectivity index (χ1) is 28.0. The highest BCUT2D eigenvalue weighted by molar-refractivity contribution is 7.45. The first kappa shape index (κ1) is 56.4. The van der Waals surface area contributed by atoms with Gasteiger partial charge in [-0.05, 0) is 32.1 Å². The zero-order chi connectivity index (χ0) is 43.0. The predicted octanol–water partition coefficient (Wildman–Crippen LogP) is 8.55. The van der Waals surface area contributed by atoms with Crippen molar-refractivity contribution in [2.45, 2.75) is 231 Å². The van der Waals surface area contributed by atoms with E-state index in [9.17, 15) is 28.9 Å². The second-order valence-electron chi connectivity index (χ2n) is 16.1. The Kier molecular flexibility index (Phi) is 39.7. The van der Waals surface area contributed by atoms with Gasteiger partial charge >= 0.3 is 17.9 Å². The molecular formula is C44H87N2O11P. The van der Waals surface area contributed by atoms with Crippen LogP contribution in [-0.4, -0.2) is 74.2 Å². The molecule has 0 amide bonds. The van der Waals surface area contributed by atoms with Crippen molar-refractivity contribution in [3.05, 3.63) is 0 Å². The van der Waals surface area contributed by atoms with Crippen LogP contribution in [0.2, 0.25) is 0 Å². The van der Waals surface area contributed by atoms with Crippen molar-refractivity contribution in [2.75, 3.05) is 33.0 Å². The van der Waals surface area contributed by atoms with Crippen molar-refractivity contribution < 1.29 is 57.9 Å². The molecular weight excluding hydrogens is 763 g/mol. The van der Waals surface area contributed by atoms with Crippen LogP contribution in [-0.2, 0) is 42.2 Å². The molecule has 14 heteroatoms. The topological polar surface area (TPSA) is 211 Å². The summed E-state index contributed by atoms with van der Waals surface area (Å²) in [4.78, 5) is 49.8. The van der Waals surface area contributed by atoms with E-state index in [2.05, 4.69) is 19.6 Å². The molecule has 6 N–H and O–H groups in total. The highest BCUT2D eigenvalue weighted by Crippen LogP contribution is 2.38. The maximum Gasteiger partial charge on any atom is 0.322 e. The van der Waals surface area contributed by atoms with Gasteiger partial charge in [0.1, 0.15) is 25.4 Å². The molecule has 0 aromatic heterocycles. The number of phosphoric acid groups is 1. The molecule has 0 fully saturated rings. The lowest BCUT2D eigenvalue weighted by Gasteiger charge is -2.26. The number of ether oxygens (including phenoxy) is 3. The molecule has 0 aromatic carbocycles. The molecule has 0 aromatic rings. The van der Waals surface area contributed by atoms with E-state index in [1.54, 1.807) is 0 Å². The summed E-state index contributed by atoms with van der Waals surface area (Å²) in [5.41, 5.74) is 9.53. The zero-order valence-electron chi connectivity index (χ0n) is 36.9. The van der Waals surface area contributed by atoms with E-state index in [4.69, 9.17) is 29.0 Å². The van der Waals surface area contributed by atoms with Crippen LogP contribution in [0.3, 0.4) is 0 Å². The Morgan fingerprint density at radius 2 is 0.983 bits per heavy atom. The number of hydrogen-bond donors (Lipinski definition) is 3. The molecule has 0 saturated carbocycles. The molecule has 4 unspecified atom stereocenters. The minimum atomic E-state index is -4.98. The predicted molar refractivity (Wildman–Crippen MR) is 228 cm³/mol. The number of hydrogen-bond acceptors (Lipinski definition) is 12. The summed E-state index contributed by atoms with van der Waals surface area (Å²) >= 11 is 0. The van der Waals surface area contributed by atoms with E-state index >= 15 is 0 Å². The second-order valence-corrected chi connectivity index (χ2v) is 17.5.